The van der Waals surface area contributed by atoms with E-state index < -0.39 is 0 Å². The van der Waals surface area contributed by atoms with Crippen LogP contribution in [0.1, 0.15) is 28.0 Å². The van der Waals surface area contributed by atoms with Gasteiger partial charge in [0.25, 0.3) is 5.91 Å². The molecule has 1 aliphatic rings. The number of hydrogen-bond acceptors (Lipinski definition) is 8. The van der Waals surface area contributed by atoms with Crippen molar-refractivity contribution in [1.29, 1.82) is 0 Å². The van der Waals surface area contributed by atoms with E-state index in [-0.39, 0.29) is 19.1 Å². The van der Waals surface area contributed by atoms with Crippen molar-refractivity contribution >= 4 is 58.3 Å². The Kier molecular flexibility index (Phi) is 10.8. The molecule has 2 heterocycles. The first-order valence-electron chi connectivity index (χ1n) is 14.8. The first kappa shape index (κ1) is 33.0. The predicted molar refractivity (Wildman–Crippen MR) is 191 cm³/mol. The van der Waals surface area contributed by atoms with E-state index in [1.54, 1.807) is 56.0 Å². The lowest BCUT2D eigenvalue weighted by molar-refractivity contribution is -0.122. The second-order valence-electron chi connectivity index (χ2n) is 10.5. The molecule has 1 aromatic heterocycles. The van der Waals surface area contributed by atoms with Gasteiger partial charge in [-0.25, -0.2) is 0 Å². The van der Waals surface area contributed by atoms with Gasteiger partial charge in [-0.2, -0.15) is 5.10 Å². The summed E-state index contributed by atoms with van der Waals surface area (Å²) in [5.74, 6) is 2.14. The van der Waals surface area contributed by atoms with Crippen molar-refractivity contribution in [2.45, 2.75) is 19.8 Å². The molecule has 8 nitrogen and oxygen atoms in total. The zero-order valence-electron chi connectivity index (χ0n) is 25.7. The van der Waals surface area contributed by atoms with E-state index in [0.717, 1.165) is 22.3 Å². The Morgan fingerprint density at radius 3 is 2.52 bits per heavy atom. The molecule has 1 fully saturated rings. The lowest BCUT2D eigenvalue weighted by Crippen LogP contribution is -2.28. The highest BCUT2D eigenvalue weighted by atomic mass is 35.5. The minimum Gasteiger partial charge on any atom is -0.493 e. The second kappa shape index (κ2) is 15.8. The molecule has 1 aliphatic heterocycles. The van der Waals surface area contributed by atoms with E-state index in [1.807, 2.05) is 72.8 Å². The molecule has 0 atom stereocenters. The Balaban J connectivity index is 1.18. The number of amides is 1. The van der Waals surface area contributed by atoms with E-state index in [2.05, 4.69) is 10.2 Å². The zero-order valence-corrected chi connectivity index (χ0v) is 28.0. The SMILES string of the molecule is COc1cc(/C=C2\S/C(=N\N=C\c3cccc(OCc4ccccc4)c3)N(Cc3ccco3)C2=O)ccc1OCc1ccc(Cl)cc1Cl. The number of ether oxygens (including phenoxy) is 3. The lowest BCUT2D eigenvalue weighted by atomic mass is 10.1. The highest BCUT2D eigenvalue weighted by Gasteiger charge is 2.34. The minimum atomic E-state index is -0.224. The number of amidine groups is 1. The number of methoxy groups -OCH3 is 1. The van der Waals surface area contributed by atoms with Crippen LogP contribution in [0.2, 0.25) is 10.0 Å². The Labute approximate surface area is 292 Å². The third-order valence-electron chi connectivity index (χ3n) is 7.12. The number of halogens is 2. The molecule has 0 N–H and O–H groups in total. The van der Waals surface area contributed by atoms with Crippen LogP contribution < -0.4 is 14.2 Å². The van der Waals surface area contributed by atoms with Gasteiger partial charge < -0.3 is 18.6 Å². The largest absolute Gasteiger partial charge is 0.493 e. The van der Waals surface area contributed by atoms with Gasteiger partial charge in [-0.1, -0.05) is 77.8 Å². The molecule has 0 aliphatic carbocycles. The number of nitrogens with zero attached hydrogens (tertiary/aromatic N) is 3. The molecule has 4 aromatic carbocycles. The maximum Gasteiger partial charge on any atom is 0.267 e. The Bertz CT molecular complexity index is 1980. The number of carbonyl (C=O) groups is 1. The molecule has 0 bridgehead atoms. The number of furan rings is 1. The smallest absolute Gasteiger partial charge is 0.267 e. The molecule has 242 valence electrons. The van der Waals surface area contributed by atoms with Crippen LogP contribution >= 0.6 is 35.0 Å². The van der Waals surface area contributed by atoms with Gasteiger partial charge in [0.1, 0.15) is 24.7 Å². The third-order valence-corrected chi connectivity index (χ3v) is 8.71. The van der Waals surface area contributed by atoms with Crippen molar-refractivity contribution in [3.8, 4) is 17.2 Å². The molecular formula is C37H29Cl2N3O5S. The monoisotopic (exact) mass is 697 g/mol. The summed E-state index contributed by atoms with van der Waals surface area (Å²) in [6.07, 6.45) is 4.98. The van der Waals surface area contributed by atoms with Crippen molar-refractivity contribution in [2.24, 2.45) is 10.2 Å². The van der Waals surface area contributed by atoms with Gasteiger partial charge in [0.05, 0.1) is 31.0 Å². The number of benzene rings is 4. The maximum absolute atomic E-state index is 13.6. The quantitative estimate of drug-likeness (QED) is 0.0734. The minimum absolute atomic E-state index is 0.205. The third kappa shape index (κ3) is 8.49. The van der Waals surface area contributed by atoms with Crippen molar-refractivity contribution in [1.82, 2.24) is 4.90 Å². The average Bonchev–Trinajstić information content (AvgIpc) is 3.72. The Morgan fingerprint density at radius 2 is 1.73 bits per heavy atom. The van der Waals surface area contributed by atoms with E-state index in [4.69, 9.17) is 41.8 Å². The van der Waals surface area contributed by atoms with Gasteiger partial charge in [0.2, 0.25) is 0 Å². The maximum atomic E-state index is 13.6. The molecular weight excluding hydrogens is 669 g/mol. The van der Waals surface area contributed by atoms with E-state index in [9.17, 15) is 4.79 Å². The first-order chi connectivity index (χ1) is 23.4. The number of thioether (sulfide) groups is 1. The van der Waals surface area contributed by atoms with Gasteiger partial charge in [-0.05, 0) is 83.1 Å². The average molecular weight is 699 g/mol. The van der Waals surface area contributed by atoms with Crippen molar-refractivity contribution in [3.05, 3.63) is 152 Å². The summed E-state index contributed by atoms with van der Waals surface area (Å²) < 4.78 is 23.0. The van der Waals surface area contributed by atoms with Crippen LogP contribution in [-0.2, 0) is 24.6 Å². The summed E-state index contributed by atoms with van der Waals surface area (Å²) in [4.78, 5) is 15.6. The summed E-state index contributed by atoms with van der Waals surface area (Å²) in [6, 6.07) is 31.8. The molecule has 0 saturated carbocycles. The summed E-state index contributed by atoms with van der Waals surface area (Å²) in [7, 11) is 1.56. The van der Waals surface area contributed by atoms with E-state index in [0.29, 0.717) is 49.7 Å². The van der Waals surface area contributed by atoms with Gasteiger partial charge in [-0.15, -0.1) is 5.10 Å². The van der Waals surface area contributed by atoms with Crippen LogP contribution in [0.4, 0.5) is 0 Å². The summed E-state index contributed by atoms with van der Waals surface area (Å²) >= 11 is 13.5. The Morgan fingerprint density at radius 1 is 0.854 bits per heavy atom. The molecule has 48 heavy (non-hydrogen) atoms. The molecule has 0 radical (unpaired) electrons. The van der Waals surface area contributed by atoms with Crippen LogP contribution in [0, 0.1) is 0 Å². The summed E-state index contributed by atoms with van der Waals surface area (Å²) in [6.45, 7) is 0.893. The second-order valence-corrected chi connectivity index (χ2v) is 12.3. The molecule has 1 amide bonds. The molecule has 1 saturated heterocycles. The van der Waals surface area contributed by atoms with Gasteiger partial charge in [0.15, 0.2) is 16.7 Å². The zero-order chi connectivity index (χ0) is 33.3. The summed E-state index contributed by atoms with van der Waals surface area (Å²) in [5.41, 5.74) is 3.42. The van der Waals surface area contributed by atoms with Gasteiger partial charge in [0, 0.05) is 15.6 Å². The number of hydrogen-bond donors (Lipinski definition) is 0. The number of carbonyl (C=O) groups excluding carboxylic acids is 1. The fraction of sp³-hybridized carbons (Fsp3) is 0.108. The fourth-order valence-electron chi connectivity index (χ4n) is 4.69. The van der Waals surface area contributed by atoms with Crippen LogP contribution in [0.3, 0.4) is 0 Å². The molecule has 5 aromatic rings. The topological polar surface area (TPSA) is 85.9 Å². The van der Waals surface area contributed by atoms with Crippen LogP contribution in [0.15, 0.2) is 129 Å². The predicted octanol–water partition coefficient (Wildman–Crippen LogP) is 9.26. The van der Waals surface area contributed by atoms with Crippen molar-refractivity contribution in [3.63, 3.8) is 0 Å². The lowest BCUT2D eigenvalue weighted by Gasteiger charge is -2.13. The van der Waals surface area contributed by atoms with Gasteiger partial charge in [-0.3, -0.25) is 9.69 Å². The normalized spacial score (nSPS) is 14.7. The van der Waals surface area contributed by atoms with Crippen molar-refractivity contribution in [2.75, 3.05) is 7.11 Å². The number of rotatable bonds is 12. The molecule has 0 spiro atoms. The molecule has 6 rings (SSSR count). The van der Waals surface area contributed by atoms with Gasteiger partial charge >= 0.3 is 0 Å². The summed E-state index contributed by atoms with van der Waals surface area (Å²) in [5, 5.41) is 10.2. The van der Waals surface area contributed by atoms with Crippen LogP contribution in [-0.4, -0.2) is 29.3 Å². The Hall–Kier alpha value is -4.96. The first-order valence-corrected chi connectivity index (χ1v) is 16.4. The van der Waals surface area contributed by atoms with E-state index >= 15 is 0 Å². The van der Waals surface area contributed by atoms with Crippen LogP contribution in [0.5, 0.6) is 17.2 Å². The van der Waals surface area contributed by atoms with Crippen LogP contribution in [0.25, 0.3) is 6.08 Å². The fourth-order valence-corrected chi connectivity index (χ4v) is 6.09. The molecule has 0 unspecified atom stereocenters. The van der Waals surface area contributed by atoms with Crippen molar-refractivity contribution < 1.29 is 23.4 Å². The highest BCUT2D eigenvalue weighted by molar-refractivity contribution is 8.18. The highest BCUT2D eigenvalue weighted by Crippen LogP contribution is 2.36. The molecule has 11 heteroatoms. The van der Waals surface area contributed by atoms with E-state index in [1.165, 1.54) is 16.7 Å². The standard InChI is InChI=1S/C37H29Cl2N3O5S/c1-44-34-18-26(12-15-33(34)47-24-28-13-14-29(38)20-32(28)39)19-35-36(43)42(22-31-11-6-16-45-31)37(48-35)41-40-21-27-9-5-10-30(17-27)46-23-25-7-3-2-4-8-25/h2-21H,22-24H2,1H3/b35-19-,40-21+,41-37-.